The standard InChI is InChI=1S/C19H29N3O2/c1-4-16-9-5-6-10-17(16)21-19(24)22-11-7-8-15(13-22)12-20-18(23)14(2)3/h5-6,9-10,14-15H,4,7-8,11-13H2,1-3H3,(H,20,23)(H,21,24)/t15-/m1/s1. The van der Waals surface area contributed by atoms with Crippen molar-refractivity contribution in [2.24, 2.45) is 11.8 Å². The lowest BCUT2D eigenvalue weighted by Crippen LogP contribution is -2.45. The summed E-state index contributed by atoms with van der Waals surface area (Å²) in [6.07, 6.45) is 2.92. The Balaban J connectivity index is 1.89. The summed E-state index contributed by atoms with van der Waals surface area (Å²) < 4.78 is 0. The molecule has 0 saturated carbocycles. The molecule has 0 radical (unpaired) electrons. The number of likely N-dealkylation sites (tertiary alicyclic amines) is 1. The van der Waals surface area contributed by atoms with Crippen molar-refractivity contribution < 1.29 is 9.59 Å². The van der Waals surface area contributed by atoms with Crippen LogP contribution in [0.3, 0.4) is 0 Å². The summed E-state index contributed by atoms with van der Waals surface area (Å²) in [5, 5.41) is 6.02. The molecular weight excluding hydrogens is 302 g/mol. The van der Waals surface area contributed by atoms with Gasteiger partial charge in [-0.05, 0) is 36.8 Å². The van der Waals surface area contributed by atoms with Crippen LogP contribution in [0.1, 0.15) is 39.2 Å². The number of piperidine rings is 1. The minimum absolute atomic E-state index is 0.00135. The lowest BCUT2D eigenvalue weighted by Gasteiger charge is -2.33. The van der Waals surface area contributed by atoms with Crippen LogP contribution in [0.2, 0.25) is 0 Å². The van der Waals surface area contributed by atoms with Crippen molar-refractivity contribution in [2.75, 3.05) is 25.0 Å². The topological polar surface area (TPSA) is 61.4 Å². The molecule has 1 fully saturated rings. The Bertz CT molecular complexity index is 571. The molecule has 1 aliphatic heterocycles. The molecule has 24 heavy (non-hydrogen) atoms. The Kier molecular flexibility index (Phi) is 6.64. The zero-order valence-electron chi connectivity index (χ0n) is 15.0. The molecule has 0 aliphatic carbocycles. The van der Waals surface area contributed by atoms with Gasteiger partial charge in [0.1, 0.15) is 0 Å². The Hall–Kier alpha value is -2.04. The molecule has 132 valence electrons. The number of urea groups is 1. The first-order chi connectivity index (χ1) is 11.5. The van der Waals surface area contributed by atoms with Gasteiger partial charge in [0.2, 0.25) is 5.91 Å². The highest BCUT2D eigenvalue weighted by atomic mass is 16.2. The molecule has 1 aromatic rings. The average molecular weight is 331 g/mol. The minimum Gasteiger partial charge on any atom is -0.356 e. The first-order valence-electron chi connectivity index (χ1n) is 8.92. The molecule has 2 rings (SSSR count). The van der Waals surface area contributed by atoms with Crippen LogP contribution in [-0.4, -0.2) is 36.5 Å². The third-order valence-corrected chi connectivity index (χ3v) is 4.54. The number of amides is 3. The summed E-state index contributed by atoms with van der Waals surface area (Å²) in [5.41, 5.74) is 2.03. The second-order valence-electron chi connectivity index (χ2n) is 6.79. The molecule has 1 saturated heterocycles. The van der Waals surface area contributed by atoms with E-state index in [0.29, 0.717) is 19.0 Å². The van der Waals surface area contributed by atoms with Crippen molar-refractivity contribution in [1.82, 2.24) is 10.2 Å². The first kappa shape index (κ1) is 18.3. The molecule has 0 aromatic heterocycles. The fourth-order valence-electron chi connectivity index (χ4n) is 3.01. The second-order valence-corrected chi connectivity index (χ2v) is 6.79. The maximum atomic E-state index is 12.6. The number of para-hydroxylation sites is 1. The highest BCUT2D eigenvalue weighted by molar-refractivity contribution is 5.90. The zero-order chi connectivity index (χ0) is 17.5. The lowest BCUT2D eigenvalue weighted by molar-refractivity contribution is -0.124. The monoisotopic (exact) mass is 331 g/mol. The van der Waals surface area contributed by atoms with Crippen molar-refractivity contribution in [2.45, 2.75) is 40.0 Å². The van der Waals surface area contributed by atoms with Crippen molar-refractivity contribution >= 4 is 17.6 Å². The number of hydrogen-bond donors (Lipinski definition) is 2. The van der Waals surface area contributed by atoms with Crippen LogP contribution >= 0.6 is 0 Å². The van der Waals surface area contributed by atoms with Crippen LogP contribution in [0.4, 0.5) is 10.5 Å². The van der Waals surface area contributed by atoms with Crippen LogP contribution in [0.5, 0.6) is 0 Å². The third kappa shape index (κ3) is 4.98. The summed E-state index contributed by atoms with van der Waals surface area (Å²) in [4.78, 5) is 26.1. The van der Waals surface area contributed by atoms with Crippen LogP contribution in [0.15, 0.2) is 24.3 Å². The predicted octanol–water partition coefficient (Wildman–Crippen LogP) is 3.27. The van der Waals surface area contributed by atoms with Crippen LogP contribution in [0.25, 0.3) is 0 Å². The van der Waals surface area contributed by atoms with Gasteiger partial charge < -0.3 is 15.5 Å². The number of hydrogen-bond acceptors (Lipinski definition) is 2. The van der Waals surface area contributed by atoms with E-state index in [-0.39, 0.29) is 17.9 Å². The van der Waals surface area contributed by atoms with Gasteiger partial charge in [-0.2, -0.15) is 0 Å². The number of rotatable bonds is 5. The van der Waals surface area contributed by atoms with E-state index in [2.05, 4.69) is 17.6 Å². The highest BCUT2D eigenvalue weighted by Gasteiger charge is 2.24. The van der Waals surface area contributed by atoms with Crippen LogP contribution < -0.4 is 10.6 Å². The second kappa shape index (κ2) is 8.71. The molecule has 1 atom stereocenters. The van der Waals surface area contributed by atoms with Crippen LogP contribution in [0, 0.1) is 11.8 Å². The van der Waals surface area contributed by atoms with Crippen molar-refractivity contribution in [3.05, 3.63) is 29.8 Å². The molecule has 0 spiro atoms. The molecule has 1 heterocycles. The van der Waals surface area contributed by atoms with E-state index >= 15 is 0 Å². The summed E-state index contributed by atoms with van der Waals surface area (Å²) in [7, 11) is 0. The summed E-state index contributed by atoms with van der Waals surface area (Å²) in [5.74, 6) is 0.403. The van der Waals surface area contributed by atoms with Gasteiger partial charge in [0, 0.05) is 31.2 Å². The van der Waals surface area contributed by atoms with E-state index in [1.165, 1.54) is 0 Å². The number of nitrogens with one attached hydrogen (secondary N) is 2. The Morgan fingerprint density at radius 1 is 1.29 bits per heavy atom. The number of nitrogens with zero attached hydrogens (tertiary/aromatic N) is 1. The van der Waals surface area contributed by atoms with Gasteiger partial charge in [0.25, 0.3) is 0 Å². The third-order valence-electron chi connectivity index (χ3n) is 4.54. The number of anilines is 1. The van der Waals surface area contributed by atoms with Crippen LogP contribution in [-0.2, 0) is 11.2 Å². The largest absolute Gasteiger partial charge is 0.356 e. The minimum atomic E-state index is -0.0456. The van der Waals surface area contributed by atoms with Crippen molar-refractivity contribution in [3.8, 4) is 0 Å². The fraction of sp³-hybridized carbons (Fsp3) is 0.579. The Morgan fingerprint density at radius 2 is 2.04 bits per heavy atom. The summed E-state index contributed by atoms with van der Waals surface area (Å²) >= 11 is 0. The number of carbonyl (C=O) groups is 2. The van der Waals surface area contributed by atoms with Crippen molar-refractivity contribution in [3.63, 3.8) is 0 Å². The zero-order valence-corrected chi connectivity index (χ0v) is 15.0. The smallest absolute Gasteiger partial charge is 0.321 e. The maximum absolute atomic E-state index is 12.6. The number of benzene rings is 1. The Labute approximate surface area is 144 Å². The quantitative estimate of drug-likeness (QED) is 0.870. The van der Waals surface area contributed by atoms with E-state index in [0.717, 1.165) is 37.1 Å². The molecule has 1 aliphatic rings. The lowest BCUT2D eigenvalue weighted by atomic mass is 9.98. The van der Waals surface area contributed by atoms with Gasteiger partial charge in [-0.3, -0.25) is 4.79 Å². The Morgan fingerprint density at radius 3 is 2.75 bits per heavy atom. The van der Waals surface area contributed by atoms with E-state index in [1.807, 2.05) is 43.0 Å². The van der Waals surface area contributed by atoms with Gasteiger partial charge in [-0.25, -0.2) is 4.79 Å². The predicted molar refractivity (Wildman–Crippen MR) is 97.0 cm³/mol. The number of aryl methyl sites for hydroxylation is 1. The maximum Gasteiger partial charge on any atom is 0.321 e. The first-order valence-corrected chi connectivity index (χ1v) is 8.92. The molecule has 3 amide bonds. The van der Waals surface area contributed by atoms with Crippen molar-refractivity contribution in [1.29, 1.82) is 0 Å². The van der Waals surface area contributed by atoms with Gasteiger partial charge in [-0.1, -0.05) is 39.0 Å². The van der Waals surface area contributed by atoms with Gasteiger partial charge in [0.15, 0.2) is 0 Å². The summed E-state index contributed by atoms with van der Waals surface area (Å²) in [6.45, 7) is 7.97. The van der Waals surface area contributed by atoms with E-state index < -0.39 is 0 Å². The van der Waals surface area contributed by atoms with Gasteiger partial charge in [0.05, 0.1) is 0 Å². The number of carbonyl (C=O) groups excluding carboxylic acids is 2. The average Bonchev–Trinajstić information content (AvgIpc) is 2.60. The molecule has 1 aromatic carbocycles. The molecule has 0 bridgehead atoms. The normalized spacial score (nSPS) is 17.7. The highest BCUT2D eigenvalue weighted by Crippen LogP contribution is 2.19. The molecule has 5 nitrogen and oxygen atoms in total. The molecular formula is C19H29N3O2. The summed E-state index contributed by atoms with van der Waals surface area (Å²) in [6, 6.07) is 7.87. The van der Waals surface area contributed by atoms with E-state index in [9.17, 15) is 9.59 Å². The SMILES string of the molecule is CCc1ccccc1NC(=O)N1CCC[C@H](CNC(=O)C(C)C)C1. The van der Waals surface area contributed by atoms with E-state index in [1.54, 1.807) is 0 Å². The van der Waals surface area contributed by atoms with Gasteiger partial charge in [-0.15, -0.1) is 0 Å². The molecule has 2 N–H and O–H groups in total. The molecule has 5 heteroatoms. The van der Waals surface area contributed by atoms with Gasteiger partial charge >= 0.3 is 6.03 Å². The van der Waals surface area contributed by atoms with E-state index in [4.69, 9.17) is 0 Å². The molecule has 0 unspecified atom stereocenters. The fourth-order valence-corrected chi connectivity index (χ4v) is 3.01.